The van der Waals surface area contributed by atoms with Gasteiger partial charge in [0.05, 0.1) is 0 Å². The molecule has 0 bridgehead atoms. The van der Waals surface area contributed by atoms with Crippen molar-refractivity contribution >= 4 is 16.8 Å². The van der Waals surface area contributed by atoms with Crippen molar-refractivity contribution in [1.29, 1.82) is 0 Å². The fourth-order valence-electron chi connectivity index (χ4n) is 1.95. The van der Waals surface area contributed by atoms with Gasteiger partial charge in [0.1, 0.15) is 16.9 Å². The first kappa shape index (κ1) is 12.4. The van der Waals surface area contributed by atoms with Gasteiger partial charge in [0, 0.05) is 11.5 Å². The van der Waals surface area contributed by atoms with E-state index in [0.29, 0.717) is 11.0 Å². The molecule has 2 rings (SSSR count). The molecule has 0 aliphatic heterocycles. The number of hydrogen-bond acceptors (Lipinski definition) is 4. The van der Waals surface area contributed by atoms with E-state index in [1.54, 1.807) is 6.07 Å². The molecule has 0 amide bonds. The van der Waals surface area contributed by atoms with Crippen molar-refractivity contribution in [2.45, 2.75) is 26.7 Å². The lowest BCUT2D eigenvalue weighted by molar-refractivity contribution is 0.101. The van der Waals surface area contributed by atoms with Gasteiger partial charge in [-0.05, 0) is 30.5 Å². The van der Waals surface area contributed by atoms with Crippen molar-refractivity contribution in [1.82, 2.24) is 0 Å². The van der Waals surface area contributed by atoms with Gasteiger partial charge in [-0.15, -0.1) is 0 Å². The van der Waals surface area contributed by atoms with Crippen LogP contribution in [-0.4, -0.2) is 10.9 Å². The van der Waals surface area contributed by atoms with Crippen LogP contribution in [0.15, 0.2) is 27.4 Å². The minimum atomic E-state index is -0.671. The SMILES string of the molecule is CC(=O)c1cc2c(C(C)C)cc(O)cc2oc1=O. The maximum absolute atomic E-state index is 11.6. The molecule has 0 saturated carbocycles. The van der Waals surface area contributed by atoms with E-state index in [1.807, 2.05) is 13.8 Å². The molecule has 1 aromatic heterocycles. The molecule has 1 heterocycles. The van der Waals surface area contributed by atoms with Crippen molar-refractivity contribution in [2.75, 3.05) is 0 Å². The molecule has 0 aliphatic rings. The number of fused-ring (bicyclic) bond motifs is 1. The van der Waals surface area contributed by atoms with Gasteiger partial charge in [0.25, 0.3) is 0 Å². The summed E-state index contributed by atoms with van der Waals surface area (Å²) in [5.74, 6) is -0.134. The predicted molar refractivity (Wildman–Crippen MR) is 68.2 cm³/mol. The van der Waals surface area contributed by atoms with E-state index in [2.05, 4.69) is 0 Å². The highest BCUT2D eigenvalue weighted by molar-refractivity contribution is 5.97. The summed E-state index contributed by atoms with van der Waals surface area (Å²) in [5.41, 5.74) is 0.510. The summed E-state index contributed by atoms with van der Waals surface area (Å²) in [6, 6.07) is 4.54. The van der Waals surface area contributed by atoms with Crippen LogP contribution < -0.4 is 5.63 Å². The summed E-state index contributed by atoms with van der Waals surface area (Å²) in [6.45, 7) is 5.26. The molecule has 0 fully saturated rings. The van der Waals surface area contributed by atoms with E-state index in [0.717, 1.165) is 5.56 Å². The minimum Gasteiger partial charge on any atom is -0.508 e. The van der Waals surface area contributed by atoms with Crippen LogP contribution in [-0.2, 0) is 0 Å². The highest BCUT2D eigenvalue weighted by atomic mass is 16.4. The summed E-state index contributed by atoms with van der Waals surface area (Å²) in [4.78, 5) is 22.9. The zero-order valence-corrected chi connectivity index (χ0v) is 10.5. The van der Waals surface area contributed by atoms with Gasteiger partial charge in [0.2, 0.25) is 0 Å². The molecule has 0 spiro atoms. The lowest BCUT2D eigenvalue weighted by Gasteiger charge is -2.10. The van der Waals surface area contributed by atoms with Gasteiger partial charge < -0.3 is 9.52 Å². The number of ketones is 1. The van der Waals surface area contributed by atoms with Gasteiger partial charge >= 0.3 is 5.63 Å². The van der Waals surface area contributed by atoms with Crippen molar-refractivity contribution in [3.8, 4) is 5.75 Å². The molecular weight excluding hydrogens is 232 g/mol. The second-order valence-electron chi connectivity index (χ2n) is 4.61. The average molecular weight is 246 g/mol. The number of carbonyl (C=O) groups is 1. The Morgan fingerprint density at radius 1 is 1.28 bits per heavy atom. The van der Waals surface area contributed by atoms with Crippen molar-refractivity contribution < 1.29 is 14.3 Å². The molecule has 0 atom stereocenters. The Labute approximate surface area is 104 Å². The van der Waals surface area contributed by atoms with Crippen LogP contribution in [0.2, 0.25) is 0 Å². The lowest BCUT2D eigenvalue weighted by atomic mass is 9.97. The van der Waals surface area contributed by atoms with Crippen LogP contribution >= 0.6 is 0 Å². The van der Waals surface area contributed by atoms with Crippen LogP contribution in [0.3, 0.4) is 0 Å². The highest BCUT2D eigenvalue weighted by Crippen LogP contribution is 2.29. The molecule has 0 saturated heterocycles. The van der Waals surface area contributed by atoms with E-state index < -0.39 is 5.63 Å². The summed E-state index contributed by atoms with van der Waals surface area (Å²) in [5, 5.41) is 10.3. The number of Topliss-reactive ketones (excluding diaryl/α,β-unsaturated/α-hetero) is 1. The van der Waals surface area contributed by atoms with Crippen LogP contribution in [0.5, 0.6) is 5.75 Å². The zero-order chi connectivity index (χ0) is 13.4. The molecule has 4 heteroatoms. The largest absolute Gasteiger partial charge is 0.508 e. The van der Waals surface area contributed by atoms with Crippen molar-refractivity contribution in [2.24, 2.45) is 0 Å². The lowest BCUT2D eigenvalue weighted by Crippen LogP contribution is -2.11. The number of aromatic hydroxyl groups is 1. The first-order valence-corrected chi connectivity index (χ1v) is 5.72. The Hall–Kier alpha value is -2.10. The van der Waals surface area contributed by atoms with Crippen molar-refractivity contribution in [3.63, 3.8) is 0 Å². The molecular formula is C14H14O4. The number of phenols is 1. The van der Waals surface area contributed by atoms with Crippen molar-refractivity contribution in [3.05, 3.63) is 39.7 Å². The van der Waals surface area contributed by atoms with E-state index in [-0.39, 0.29) is 23.0 Å². The van der Waals surface area contributed by atoms with Crippen LogP contribution in [0.25, 0.3) is 11.0 Å². The highest BCUT2D eigenvalue weighted by Gasteiger charge is 2.14. The summed E-state index contributed by atoms with van der Waals surface area (Å²) < 4.78 is 5.09. The van der Waals surface area contributed by atoms with Gasteiger partial charge in [-0.25, -0.2) is 4.79 Å². The van der Waals surface area contributed by atoms with Crippen LogP contribution in [0.4, 0.5) is 0 Å². The van der Waals surface area contributed by atoms with E-state index >= 15 is 0 Å². The molecule has 0 unspecified atom stereocenters. The molecule has 2 aromatic rings. The van der Waals surface area contributed by atoms with Crippen LogP contribution in [0.1, 0.15) is 42.6 Å². The Morgan fingerprint density at radius 2 is 1.94 bits per heavy atom. The van der Waals surface area contributed by atoms with Gasteiger partial charge in [0.15, 0.2) is 5.78 Å². The molecule has 1 aromatic carbocycles. The monoisotopic (exact) mass is 246 g/mol. The van der Waals surface area contributed by atoms with Gasteiger partial charge in [-0.2, -0.15) is 0 Å². The summed E-state index contributed by atoms with van der Waals surface area (Å²) >= 11 is 0. The third-order valence-corrected chi connectivity index (χ3v) is 2.87. The summed E-state index contributed by atoms with van der Waals surface area (Å²) in [7, 11) is 0. The number of hydrogen-bond donors (Lipinski definition) is 1. The Balaban J connectivity index is 2.90. The minimum absolute atomic E-state index is 0.0371. The summed E-state index contributed by atoms with van der Waals surface area (Å²) in [6.07, 6.45) is 0. The van der Waals surface area contributed by atoms with E-state index in [1.165, 1.54) is 19.1 Å². The fraction of sp³-hybridized carbons (Fsp3) is 0.286. The normalized spacial score (nSPS) is 11.1. The second kappa shape index (κ2) is 4.29. The number of benzene rings is 1. The standard InChI is InChI=1S/C14H14O4/c1-7(2)10-4-9(16)5-13-12(10)6-11(8(3)15)14(17)18-13/h4-7,16H,1-3H3. The molecule has 94 valence electrons. The third kappa shape index (κ3) is 2.01. The molecule has 0 radical (unpaired) electrons. The Bertz CT molecular complexity index is 680. The first-order valence-electron chi connectivity index (χ1n) is 5.72. The zero-order valence-electron chi connectivity index (χ0n) is 10.5. The number of phenolic OH excluding ortho intramolecular Hbond substituents is 1. The quantitative estimate of drug-likeness (QED) is 0.653. The molecule has 4 nitrogen and oxygen atoms in total. The fourth-order valence-corrected chi connectivity index (χ4v) is 1.95. The maximum Gasteiger partial charge on any atom is 0.347 e. The first-order chi connectivity index (χ1) is 8.40. The Morgan fingerprint density at radius 3 is 2.50 bits per heavy atom. The van der Waals surface area contributed by atoms with E-state index in [4.69, 9.17) is 4.42 Å². The van der Waals surface area contributed by atoms with E-state index in [9.17, 15) is 14.7 Å². The molecule has 0 aliphatic carbocycles. The average Bonchev–Trinajstić information content (AvgIpc) is 2.26. The number of carbonyl (C=O) groups excluding carboxylic acids is 1. The maximum atomic E-state index is 11.6. The third-order valence-electron chi connectivity index (χ3n) is 2.87. The predicted octanol–water partition coefficient (Wildman–Crippen LogP) is 2.82. The molecule has 18 heavy (non-hydrogen) atoms. The topological polar surface area (TPSA) is 67.5 Å². The Kier molecular flexibility index (Phi) is 2.95. The second-order valence-corrected chi connectivity index (χ2v) is 4.61. The number of rotatable bonds is 2. The van der Waals surface area contributed by atoms with Crippen LogP contribution in [0, 0.1) is 0 Å². The molecule has 1 N–H and O–H groups in total. The van der Waals surface area contributed by atoms with Gasteiger partial charge in [-0.3, -0.25) is 4.79 Å². The smallest absolute Gasteiger partial charge is 0.347 e. The van der Waals surface area contributed by atoms with Gasteiger partial charge in [-0.1, -0.05) is 13.8 Å².